The highest BCUT2D eigenvalue weighted by Crippen LogP contribution is 2.63. The molecule has 2 saturated heterocycles. The number of rotatable bonds is 6. The molecule has 156 valence electrons. The molecule has 0 atom stereocenters. The fourth-order valence-electron chi connectivity index (χ4n) is 3.51. The molecule has 0 aromatic carbocycles. The number of hydrogen-bond donors (Lipinski definition) is 0. The van der Waals surface area contributed by atoms with Crippen molar-refractivity contribution < 1.29 is 19.0 Å². The number of esters is 1. The molecule has 10 heteroatoms. The van der Waals surface area contributed by atoms with Crippen molar-refractivity contribution in [2.75, 3.05) is 80.5 Å². The minimum atomic E-state index is -1.92. The summed E-state index contributed by atoms with van der Waals surface area (Å²) in [5, 5.41) is 2.02. The molecule has 1 aromatic rings. The lowest BCUT2D eigenvalue weighted by Gasteiger charge is -2.43. The molecule has 1 aromatic heterocycles. The summed E-state index contributed by atoms with van der Waals surface area (Å²) < 4.78 is 21.3. The number of carbonyl (C=O) groups is 1. The molecule has 2 fully saturated rings. The molecule has 8 nitrogen and oxygen atoms in total. The summed E-state index contributed by atoms with van der Waals surface area (Å²) in [6.07, 6.45) is 1.79. The molecule has 28 heavy (non-hydrogen) atoms. The van der Waals surface area contributed by atoms with E-state index in [1.807, 2.05) is 25.1 Å². The van der Waals surface area contributed by atoms with Crippen molar-refractivity contribution in [2.45, 2.75) is 0 Å². The average Bonchev–Trinajstić information content (AvgIpc) is 3.17. The summed E-state index contributed by atoms with van der Waals surface area (Å²) in [6.45, 7) is 8.75. The van der Waals surface area contributed by atoms with Gasteiger partial charge in [0, 0.05) is 20.2 Å². The molecule has 2 aliphatic heterocycles. The Morgan fingerprint density at radius 1 is 1.18 bits per heavy atom. The van der Waals surface area contributed by atoms with Crippen LogP contribution in [0.5, 0.6) is 0 Å². The van der Waals surface area contributed by atoms with Crippen LogP contribution in [0.3, 0.4) is 0 Å². The molecule has 0 spiro atoms. The van der Waals surface area contributed by atoms with Crippen LogP contribution in [-0.2, 0) is 14.2 Å². The average molecular weight is 430 g/mol. The van der Waals surface area contributed by atoms with Gasteiger partial charge in [-0.3, -0.25) is 0 Å². The van der Waals surface area contributed by atoms with Crippen molar-refractivity contribution in [3.8, 4) is 0 Å². The van der Waals surface area contributed by atoms with Gasteiger partial charge >= 0.3 is 5.97 Å². The highest BCUT2D eigenvalue weighted by Gasteiger charge is 2.52. The molecule has 0 bridgehead atoms. The van der Waals surface area contributed by atoms with Crippen molar-refractivity contribution in [3.63, 3.8) is 0 Å². The van der Waals surface area contributed by atoms with Crippen LogP contribution in [0.4, 0.5) is 5.00 Å². The molecular weight excluding hydrogens is 399 g/mol. The second-order valence-electron chi connectivity index (χ2n) is 7.05. The third-order valence-electron chi connectivity index (χ3n) is 5.02. The summed E-state index contributed by atoms with van der Waals surface area (Å²) in [5.41, 5.74) is 0. The van der Waals surface area contributed by atoms with Crippen molar-refractivity contribution in [1.82, 2.24) is 14.2 Å². The van der Waals surface area contributed by atoms with E-state index in [4.69, 9.17) is 19.2 Å². The first-order chi connectivity index (χ1) is 13.5. The maximum Gasteiger partial charge on any atom is 0.348 e. The predicted octanol–water partition coefficient (Wildman–Crippen LogP) is 1.52. The van der Waals surface area contributed by atoms with Crippen LogP contribution >= 0.6 is 18.9 Å². The second-order valence-corrected chi connectivity index (χ2v) is 11.5. The van der Waals surface area contributed by atoms with E-state index in [1.54, 1.807) is 6.34 Å². The number of thiophene rings is 1. The summed E-state index contributed by atoms with van der Waals surface area (Å²) in [5.74, 6) is -0.312. The number of methoxy groups -OCH3 is 1. The van der Waals surface area contributed by atoms with Crippen LogP contribution in [0.1, 0.15) is 9.67 Å². The van der Waals surface area contributed by atoms with Crippen LogP contribution in [-0.4, -0.2) is 107 Å². The van der Waals surface area contributed by atoms with Crippen molar-refractivity contribution in [3.05, 3.63) is 10.9 Å². The number of hydrogen-bond acceptors (Lipinski definition) is 8. The molecule has 0 unspecified atom stereocenters. The largest absolute Gasteiger partial charge is 0.465 e. The third-order valence-corrected chi connectivity index (χ3v) is 10.4. The third kappa shape index (κ3) is 4.56. The van der Waals surface area contributed by atoms with Crippen LogP contribution in [0.15, 0.2) is 11.1 Å². The van der Waals surface area contributed by atoms with E-state index in [0.29, 0.717) is 4.88 Å². The van der Waals surface area contributed by atoms with Gasteiger partial charge < -0.3 is 19.1 Å². The lowest BCUT2D eigenvalue weighted by atomic mass is 10.5. The molecular formula is C18H30N4O4PS+. The Kier molecular flexibility index (Phi) is 7.42. The highest BCUT2D eigenvalue weighted by atomic mass is 32.1. The van der Waals surface area contributed by atoms with E-state index >= 15 is 0 Å². The van der Waals surface area contributed by atoms with Gasteiger partial charge in [0.1, 0.15) is 4.88 Å². The van der Waals surface area contributed by atoms with E-state index in [0.717, 1.165) is 62.9 Å². The monoisotopic (exact) mass is 429 g/mol. The van der Waals surface area contributed by atoms with Crippen LogP contribution in [0.25, 0.3) is 0 Å². The number of nitrogens with zero attached hydrogens (tertiary/aromatic N) is 4. The number of aliphatic imine (C=N–C) groups is 1. The van der Waals surface area contributed by atoms with Crippen molar-refractivity contribution in [2.24, 2.45) is 4.99 Å². The van der Waals surface area contributed by atoms with Gasteiger partial charge in [0.05, 0.1) is 72.7 Å². The Labute approximate surface area is 171 Å². The van der Waals surface area contributed by atoms with Crippen molar-refractivity contribution in [1.29, 1.82) is 0 Å². The second kappa shape index (κ2) is 9.61. The molecule has 0 amide bonds. The zero-order valence-corrected chi connectivity index (χ0v) is 18.8. The molecule has 0 radical (unpaired) electrons. The van der Waals surface area contributed by atoms with Gasteiger partial charge in [-0.15, -0.1) is 11.3 Å². The minimum absolute atomic E-state index is 0.312. The van der Waals surface area contributed by atoms with Gasteiger partial charge in [-0.1, -0.05) is 0 Å². The number of ether oxygens (including phenoxy) is 3. The first-order valence-corrected chi connectivity index (χ1v) is 12.4. The lowest BCUT2D eigenvalue weighted by molar-refractivity contribution is 0.0569. The van der Waals surface area contributed by atoms with E-state index < -0.39 is 7.56 Å². The maximum absolute atomic E-state index is 12.3. The Balaban J connectivity index is 2.08. The highest BCUT2D eigenvalue weighted by molar-refractivity contribution is 7.78. The molecule has 3 rings (SSSR count). The molecule has 0 N–H and O–H groups in total. The normalized spacial score (nSPS) is 19.9. The predicted molar refractivity (Wildman–Crippen MR) is 115 cm³/mol. The molecule has 2 aliphatic rings. The molecule has 3 heterocycles. The zero-order valence-electron chi connectivity index (χ0n) is 17.1. The first-order valence-electron chi connectivity index (χ1n) is 9.43. The van der Waals surface area contributed by atoms with Crippen molar-refractivity contribution >= 4 is 41.5 Å². The molecule has 0 saturated carbocycles. The van der Waals surface area contributed by atoms with E-state index in [9.17, 15) is 4.79 Å². The van der Waals surface area contributed by atoms with Gasteiger partial charge in [0.15, 0.2) is 17.9 Å². The van der Waals surface area contributed by atoms with E-state index in [1.165, 1.54) is 18.4 Å². The van der Waals surface area contributed by atoms with Gasteiger partial charge in [-0.25, -0.2) is 9.79 Å². The Hall–Kier alpha value is -1.09. The topological polar surface area (TPSA) is 66.8 Å². The summed E-state index contributed by atoms with van der Waals surface area (Å²) in [4.78, 5) is 19.5. The summed E-state index contributed by atoms with van der Waals surface area (Å²) in [7, 11) is 3.38. The van der Waals surface area contributed by atoms with Gasteiger partial charge in [-0.05, 0) is 0 Å². The van der Waals surface area contributed by atoms with Gasteiger partial charge in [0.2, 0.25) is 0 Å². The number of carbonyl (C=O) groups excluding carboxylic acids is 1. The van der Waals surface area contributed by atoms with Crippen LogP contribution in [0.2, 0.25) is 0 Å². The standard InChI is InChI=1S/C18H30N4O4PS/c1-20(2)14-19-17-15(13-16(28-17)18(23)24-3)27(4,21-5-9-25-10-6-21)22-7-11-26-12-8-22/h13-14H,5-12H2,1-4H3/q+1/b19-14-. The minimum Gasteiger partial charge on any atom is -0.465 e. The lowest BCUT2D eigenvalue weighted by Crippen LogP contribution is -2.49. The summed E-state index contributed by atoms with van der Waals surface area (Å²) in [6, 6.07) is 2.00. The Bertz CT molecular complexity index is 682. The van der Waals surface area contributed by atoms with Gasteiger partial charge in [-0.2, -0.15) is 9.34 Å². The fraction of sp³-hybridized carbons (Fsp3) is 0.667. The number of morpholine rings is 2. The smallest absolute Gasteiger partial charge is 0.348 e. The molecule has 0 aliphatic carbocycles. The Morgan fingerprint density at radius 2 is 1.71 bits per heavy atom. The maximum atomic E-state index is 12.3. The quantitative estimate of drug-likeness (QED) is 0.294. The first kappa shape index (κ1) is 21.6. The SMILES string of the molecule is COC(=O)c1cc([P+](C)(N2CCOCC2)N2CCOCC2)c(/N=C\N(C)C)s1. The van der Waals surface area contributed by atoms with Crippen LogP contribution < -0.4 is 5.30 Å². The van der Waals surface area contributed by atoms with E-state index in [-0.39, 0.29) is 5.97 Å². The fourth-order valence-corrected chi connectivity index (χ4v) is 8.71. The summed E-state index contributed by atoms with van der Waals surface area (Å²) >= 11 is 1.40. The van der Waals surface area contributed by atoms with E-state index in [2.05, 4.69) is 16.0 Å². The van der Waals surface area contributed by atoms with Crippen LogP contribution in [0, 0.1) is 0 Å². The van der Waals surface area contributed by atoms with Gasteiger partial charge in [0.25, 0.3) is 0 Å². The Morgan fingerprint density at radius 3 is 2.18 bits per heavy atom. The zero-order chi connectivity index (χ0) is 20.1.